The standard InChI is InChI=1S/C18H14N2O5/c1-11-4-3-5-12(8-11)9-14-18(21)25-17(19-14)13-6-7-16(24-2)15(10-13)20(22)23/h3-10H,1-2H3/b14-9-. The molecule has 7 nitrogen and oxygen atoms in total. The van der Waals surface area contributed by atoms with Gasteiger partial charge in [0.1, 0.15) is 0 Å². The Morgan fingerprint density at radius 3 is 2.72 bits per heavy atom. The van der Waals surface area contributed by atoms with Gasteiger partial charge in [-0.2, -0.15) is 0 Å². The number of methoxy groups -OCH3 is 1. The predicted molar refractivity (Wildman–Crippen MR) is 91.4 cm³/mol. The number of nitro benzene ring substituents is 1. The molecule has 2 aromatic carbocycles. The first kappa shape index (κ1) is 16.4. The molecule has 7 heteroatoms. The number of esters is 1. The molecular formula is C18H14N2O5. The molecule has 0 aliphatic carbocycles. The third kappa shape index (κ3) is 3.40. The maximum absolute atomic E-state index is 12.0. The van der Waals surface area contributed by atoms with Crippen molar-refractivity contribution in [1.29, 1.82) is 0 Å². The Morgan fingerprint density at radius 2 is 2.04 bits per heavy atom. The van der Waals surface area contributed by atoms with Crippen LogP contribution in [-0.2, 0) is 9.53 Å². The van der Waals surface area contributed by atoms with Gasteiger partial charge in [-0.15, -0.1) is 0 Å². The first-order valence-corrected chi connectivity index (χ1v) is 7.40. The van der Waals surface area contributed by atoms with Gasteiger partial charge in [-0.3, -0.25) is 10.1 Å². The van der Waals surface area contributed by atoms with Crippen LogP contribution in [-0.4, -0.2) is 23.9 Å². The minimum Gasteiger partial charge on any atom is -0.490 e. The lowest BCUT2D eigenvalue weighted by Crippen LogP contribution is -2.06. The number of nitrogens with zero attached hydrogens (tertiary/aromatic N) is 2. The summed E-state index contributed by atoms with van der Waals surface area (Å²) < 4.78 is 10.1. The summed E-state index contributed by atoms with van der Waals surface area (Å²) in [6, 6.07) is 11.8. The molecule has 0 N–H and O–H groups in total. The number of carbonyl (C=O) groups is 1. The highest BCUT2D eigenvalue weighted by Crippen LogP contribution is 2.29. The number of benzene rings is 2. The lowest BCUT2D eigenvalue weighted by atomic mass is 10.1. The van der Waals surface area contributed by atoms with Crippen molar-refractivity contribution in [1.82, 2.24) is 0 Å². The second-order valence-corrected chi connectivity index (χ2v) is 5.39. The fourth-order valence-electron chi connectivity index (χ4n) is 2.42. The molecule has 0 spiro atoms. The molecule has 0 atom stereocenters. The third-order valence-corrected chi connectivity index (χ3v) is 3.59. The normalized spacial score (nSPS) is 15.0. The van der Waals surface area contributed by atoms with Crippen LogP contribution in [0.25, 0.3) is 6.08 Å². The van der Waals surface area contributed by atoms with Gasteiger partial charge in [0.2, 0.25) is 5.90 Å². The van der Waals surface area contributed by atoms with E-state index in [1.54, 1.807) is 12.1 Å². The second-order valence-electron chi connectivity index (χ2n) is 5.39. The van der Waals surface area contributed by atoms with Crippen LogP contribution in [0.4, 0.5) is 5.69 Å². The number of nitro groups is 1. The number of hydrogen-bond acceptors (Lipinski definition) is 6. The monoisotopic (exact) mass is 338 g/mol. The molecule has 0 saturated carbocycles. The van der Waals surface area contributed by atoms with E-state index in [0.717, 1.165) is 11.1 Å². The van der Waals surface area contributed by atoms with Crippen molar-refractivity contribution in [3.63, 3.8) is 0 Å². The number of cyclic esters (lactones) is 1. The predicted octanol–water partition coefficient (Wildman–Crippen LogP) is 3.26. The molecule has 0 unspecified atom stereocenters. The molecule has 0 fully saturated rings. The van der Waals surface area contributed by atoms with Crippen LogP contribution in [0, 0.1) is 17.0 Å². The number of carbonyl (C=O) groups excluding carboxylic acids is 1. The topological polar surface area (TPSA) is 91.0 Å². The zero-order valence-electron chi connectivity index (χ0n) is 13.6. The van der Waals surface area contributed by atoms with Crippen molar-refractivity contribution < 1.29 is 19.2 Å². The van der Waals surface area contributed by atoms with Gasteiger partial charge in [-0.05, 0) is 30.7 Å². The van der Waals surface area contributed by atoms with E-state index < -0.39 is 10.9 Å². The van der Waals surface area contributed by atoms with Gasteiger partial charge in [0.05, 0.1) is 12.0 Å². The maximum atomic E-state index is 12.0. The van der Waals surface area contributed by atoms with Crippen molar-refractivity contribution in [2.45, 2.75) is 6.92 Å². The summed E-state index contributed by atoms with van der Waals surface area (Å²) in [4.78, 5) is 26.7. The molecule has 0 aromatic heterocycles. The molecule has 1 aliphatic rings. The number of ether oxygens (including phenoxy) is 2. The van der Waals surface area contributed by atoms with Crippen LogP contribution < -0.4 is 4.74 Å². The molecule has 0 amide bonds. The SMILES string of the molecule is COc1ccc(C2=N/C(=C\c3cccc(C)c3)C(=O)O2)cc1[N+](=O)[O-]. The summed E-state index contributed by atoms with van der Waals surface area (Å²) >= 11 is 0. The van der Waals surface area contributed by atoms with Gasteiger partial charge >= 0.3 is 11.7 Å². The average Bonchev–Trinajstić information content (AvgIpc) is 2.95. The van der Waals surface area contributed by atoms with E-state index in [2.05, 4.69) is 4.99 Å². The van der Waals surface area contributed by atoms with Gasteiger partial charge in [0, 0.05) is 11.6 Å². The Kier molecular flexibility index (Phi) is 4.30. The van der Waals surface area contributed by atoms with Crippen LogP contribution in [0.15, 0.2) is 53.2 Å². The minimum absolute atomic E-state index is 0.0228. The van der Waals surface area contributed by atoms with Crippen molar-refractivity contribution in [2.75, 3.05) is 7.11 Å². The van der Waals surface area contributed by atoms with E-state index in [1.807, 2.05) is 31.2 Å². The van der Waals surface area contributed by atoms with Crippen LogP contribution in [0.3, 0.4) is 0 Å². The van der Waals surface area contributed by atoms with Crippen LogP contribution in [0.5, 0.6) is 5.75 Å². The van der Waals surface area contributed by atoms with Crippen LogP contribution >= 0.6 is 0 Å². The summed E-state index contributed by atoms with van der Waals surface area (Å²) in [6.45, 7) is 1.94. The molecule has 25 heavy (non-hydrogen) atoms. The highest BCUT2D eigenvalue weighted by Gasteiger charge is 2.26. The Labute approximate surface area is 143 Å². The summed E-state index contributed by atoms with van der Waals surface area (Å²) in [7, 11) is 1.35. The lowest BCUT2D eigenvalue weighted by Gasteiger charge is -2.03. The first-order chi connectivity index (χ1) is 12.0. The van der Waals surface area contributed by atoms with E-state index >= 15 is 0 Å². The van der Waals surface area contributed by atoms with Crippen molar-refractivity contribution in [3.8, 4) is 5.75 Å². The molecule has 0 radical (unpaired) electrons. The fourth-order valence-corrected chi connectivity index (χ4v) is 2.42. The van der Waals surface area contributed by atoms with Gasteiger partial charge < -0.3 is 9.47 Å². The van der Waals surface area contributed by atoms with E-state index in [0.29, 0.717) is 5.56 Å². The summed E-state index contributed by atoms with van der Waals surface area (Å²) in [5.74, 6) is -0.459. The Hall–Kier alpha value is -3.48. The van der Waals surface area contributed by atoms with E-state index in [1.165, 1.54) is 19.2 Å². The number of aliphatic imine (C=N–C) groups is 1. The van der Waals surface area contributed by atoms with Crippen LogP contribution in [0.1, 0.15) is 16.7 Å². The van der Waals surface area contributed by atoms with E-state index in [9.17, 15) is 14.9 Å². The Balaban J connectivity index is 1.98. The number of hydrogen-bond donors (Lipinski definition) is 0. The van der Waals surface area contributed by atoms with Crippen molar-refractivity contribution >= 4 is 23.6 Å². The zero-order valence-corrected chi connectivity index (χ0v) is 13.6. The van der Waals surface area contributed by atoms with Crippen LogP contribution in [0.2, 0.25) is 0 Å². The largest absolute Gasteiger partial charge is 0.490 e. The summed E-state index contributed by atoms with van der Waals surface area (Å²) in [6.07, 6.45) is 1.61. The van der Waals surface area contributed by atoms with Gasteiger partial charge in [0.15, 0.2) is 11.4 Å². The molecular weight excluding hydrogens is 324 g/mol. The summed E-state index contributed by atoms with van der Waals surface area (Å²) in [5, 5.41) is 11.1. The fraction of sp³-hybridized carbons (Fsp3) is 0.111. The minimum atomic E-state index is -0.602. The zero-order chi connectivity index (χ0) is 18.0. The third-order valence-electron chi connectivity index (χ3n) is 3.59. The van der Waals surface area contributed by atoms with Gasteiger partial charge in [-0.25, -0.2) is 9.79 Å². The molecule has 0 saturated heterocycles. The van der Waals surface area contributed by atoms with Gasteiger partial charge in [0.25, 0.3) is 0 Å². The molecule has 2 aromatic rings. The highest BCUT2D eigenvalue weighted by atomic mass is 16.6. The highest BCUT2D eigenvalue weighted by molar-refractivity contribution is 6.13. The molecule has 126 valence electrons. The summed E-state index contributed by atoms with van der Waals surface area (Å²) in [5.41, 5.74) is 2.11. The average molecular weight is 338 g/mol. The first-order valence-electron chi connectivity index (χ1n) is 7.40. The Morgan fingerprint density at radius 1 is 1.24 bits per heavy atom. The second kappa shape index (κ2) is 6.56. The lowest BCUT2D eigenvalue weighted by molar-refractivity contribution is -0.385. The Bertz CT molecular complexity index is 931. The molecule has 0 bridgehead atoms. The van der Waals surface area contributed by atoms with E-state index in [4.69, 9.17) is 9.47 Å². The van der Waals surface area contributed by atoms with Crippen molar-refractivity contribution in [3.05, 3.63) is 75.0 Å². The molecule has 1 heterocycles. The molecule has 3 rings (SSSR count). The number of aryl methyl sites for hydroxylation is 1. The van der Waals surface area contributed by atoms with Gasteiger partial charge in [-0.1, -0.05) is 29.8 Å². The maximum Gasteiger partial charge on any atom is 0.363 e. The van der Waals surface area contributed by atoms with Crippen molar-refractivity contribution in [2.24, 2.45) is 4.99 Å². The smallest absolute Gasteiger partial charge is 0.363 e. The van der Waals surface area contributed by atoms with E-state index in [-0.39, 0.29) is 23.0 Å². The number of rotatable bonds is 4. The molecule has 1 aliphatic heterocycles. The quantitative estimate of drug-likeness (QED) is 0.369.